The number of hydrogen-bond donors (Lipinski definition) is 0. The summed E-state index contributed by atoms with van der Waals surface area (Å²) in [6.45, 7) is 4.32. The molecule has 17 heavy (non-hydrogen) atoms. The topological polar surface area (TPSA) is 17.1 Å². The van der Waals surface area contributed by atoms with E-state index in [0.29, 0.717) is 17.5 Å². The number of thioether (sulfide) groups is 1. The summed E-state index contributed by atoms with van der Waals surface area (Å²) in [6.07, 6.45) is 3.03. The minimum absolute atomic E-state index is 0.360. The zero-order valence-corrected chi connectivity index (χ0v) is 12.8. The zero-order chi connectivity index (χ0) is 12.7. The number of benzene rings is 1. The highest BCUT2D eigenvalue weighted by Crippen LogP contribution is 2.21. The van der Waals surface area contributed by atoms with Crippen LogP contribution in [0.1, 0.15) is 33.1 Å². The van der Waals surface area contributed by atoms with Crippen molar-refractivity contribution in [2.24, 2.45) is 5.92 Å². The SMILES string of the molecule is CCCC(C)CC(=O)CSc1ccc(Br)cc1. The fourth-order valence-electron chi connectivity index (χ4n) is 1.74. The van der Waals surface area contributed by atoms with E-state index < -0.39 is 0 Å². The van der Waals surface area contributed by atoms with Gasteiger partial charge in [-0.3, -0.25) is 4.79 Å². The molecule has 3 heteroatoms. The molecule has 0 saturated carbocycles. The van der Waals surface area contributed by atoms with Gasteiger partial charge in [-0.2, -0.15) is 0 Å². The second-order valence-corrected chi connectivity index (χ2v) is 6.34. The Bertz CT molecular complexity index is 348. The summed E-state index contributed by atoms with van der Waals surface area (Å²) in [7, 11) is 0. The molecule has 1 aromatic carbocycles. The van der Waals surface area contributed by atoms with Crippen molar-refractivity contribution in [1.82, 2.24) is 0 Å². The van der Waals surface area contributed by atoms with Crippen LogP contribution in [0, 0.1) is 5.92 Å². The van der Waals surface area contributed by atoms with E-state index in [1.807, 2.05) is 24.3 Å². The van der Waals surface area contributed by atoms with E-state index >= 15 is 0 Å². The predicted molar refractivity (Wildman–Crippen MR) is 78.6 cm³/mol. The largest absolute Gasteiger partial charge is 0.299 e. The average Bonchev–Trinajstić information content (AvgIpc) is 2.28. The second kappa shape index (κ2) is 7.93. The lowest BCUT2D eigenvalue weighted by Gasteiger charge is -2.08. The third kappa shape index (κ3) is 6.27. The highest BCUT2D eigenvalue weighted by molar-refractivity contribution is 9.10. The molecular formula is C14H19BrOS. The molecule has 1 aromatic rings. The molecule has 0 aliphatic rings. The highest BCUT2D eigenvalue weighted by Gasteiger charge is 2.08. The molecule has 0 aliphatic heterocycles. The number of hydrogen-bond acceptors (Lipinski definition) is 2. The van der Waals surface area contributed by atoms with E-state index in [0.717, 1.165) is 28.6 Å². The van der Waals surface area contributed by atoms with Crippen LogP contribution < -0.4 is 0 Å². The Morgan fingerprint density at radius 3 is 2.59 bits per heavy atom. The normalized spacial score (nSPS) is 12.4. The molecule has 0 aromatic heterocycles. The Balaban J connectivity index is 2.30. The fourth-order valence-corrected chi connectivity index (χ4v) is 2.78. The quantitative estimate of drug-likeness (QED) is 0.663. The van der Waals surface area contributed by atoms with Crippen LogP contribution >= 0.6 is 27.7 Å². The molecule has 0 spiro atoms. The van der Waals surface area contributed by atoms with Gasteiger partial charge in [-0.15, -0.1) is 11.8 Å². The van der Waals surface area contributed by atoms with Crippen molar-refractivity contribution < 1.29 is 4.79 Å². The molecule has 1 nitrogen and oxygen atoms in total. The van der Waals surface area contributed by atoms with Gasteiger partial charge < -0.3 is 0 Å². The lowest BCUT2D eigenvalue weighted by molar-refractivity contribution is -0.117. The van der Waals surface area contributed by atoms with Crippen molar-refractivity contribution >= 4 is 33.5 Å². The smallest absolute Gasteiger partial charge is 0.143 e. The van der Waals surface area contributed by atoms with Crippen LogP contribution in [0.25, 0.3) is 0 Å². The molecule has 0 saturated heterocycles. The monoisotopic (exact) mass is 314 g/mol. The van der Waals surface area contributed by atoms with Gasteiger partial charge in [0.2, 0.25) is 0 Å². The van der Waals surface area contributed by atoms with Crippen LogP contribution in [0.5, 0.6) is 0 Å². The van der Waals surface area contributed by atoms with Crippen molar-refractivity contribution in [3.8, 4) is 0 Å². The van der Waals surface area contributed by atoms with Gasteiger partial charge in [0, 0.05) is 15.8 Å². The van der Waals surface area contributed by atoms with Gasteiger partial charge >= 0.3 is 0 Å². The maximum Gasteiger partial charge on any atom is 0.143 e. The molecule has 0 fully saturated rings. The number of carbonyl (C=O) groups excluding carboxylic acids is 1. The van der Waals surface area contributed by atoms with Gasteiger partial charge in [0.1, 0.15) is 5.78 Å². The number of ketones is 1. The molecule has 0 aliphatic carbocycles. The summed E-state index contributed by atoms with van der Waals surface area (Å²) < 4.78 is 1.07. The van der Waals surface area contributed by atoms with Gasteiger partial charge in [-0.25, -0.2) is 0 Å². The first-order chi connectivity index (χ1) is 8.11. The van der Waals surface area contributed by atoms with Crippen LogP contribution in [-0.2, 0) is 4.79 Å². The molecule has 0 radical (unpaired) electrons. The Hall–Kier alpha value is -0.280. The van der Waals surface area contributed by atoms with E-state index in [2.05, 4.69) is 29.8 Å². The molecular weight excluding hydrogens is 296 g/mol. The third-order valence-corrected chi connectivity index (χ3v) is 4.17. The standard InChI is InChI=1S/C14H19BrOS/c1-3-4-11(2)9-13(16)10-17-14-7-5-12(15)6-8-14/h5-8,11H,3-4,9-10H2,1-2H3. The first kappa shape index (κ1) is 14.8. The van der Waals surface area contributed by atoms with E-state index in [1.54, 1.807) is 11.8 Å². The first-order valence-corrected chi connectivity index (χ1v) is 7.79. The number of Topliss-reactive ketones (excluding diaryl/α,β-unsaturated/α-hetero) is 1. The minimum atomic E-state index is 0.360. The summed E-state index contributed by atoms with van der Waals surface area (Å²) in [5, 5.41) is 0. The van der Waals surface area contributed by atoms with Crippen LogP contribution in [0.3, 0.4) is 0 Å². The molecule has 1 atom stereocenters. The maximum absolute atomic E-state index is 11.7. The van der Waals surface area contributed by atoms with Crippen LogP contribution in [-0.4, -0.2) is 11.5 Å². The molecule has 0 amide bonds. The Morgan fingerprint density at radius 2 is 2.00 bits per heavy atom. The summed E-state index contributed by atoms with van der Waals surface area (Å²) in [4.78, 5) is 12.9. The number of halogens is 1. The van der Waals surface area contributed by atoms with Gasteiger partial charge in [-0.05, 0) is 30.2 Å². The van der Waals surface area contributed by atoms with Gasteiger partial charge in [0.15, 0.2) is 0 Å². The van der Waals surface area contributed by atoms with E-state index in [9.17, 15) is 4.79 Å². The van der Waals surface area contributed by atoms with Crippen molar-refractivity contribution in [2.75, 3.05) is 5.75 Å². The maximum atomic E-state index is 11.7. The Kier molecular flexibility index (Phi) is 6.90. The van der Waals surface area contributed by atoms with Crippen molar-refractivity contribution in [3.63, 3.8) is 0 Å². The average molecular weight is 315 g/mol. The van der Waals surface area contributed by atoms with Crippen LogP contribution in [0.2, 0.25) is 0 Å². The lowest BCUT2D eigenvalue weighted by Crippen LogP contribution is -2.07. The fraction of sp³-hybridized carbons (Fsp3) is 0.500. The van der Waals surface area contributed by atoms with E-state index in [-0.39, 0.29) is 0 Å². The first-order valence-electron chi connectivity index (χ1n) is 6.02. The van der Waals surface area contributed by atoms with Crippen molar-refractivity contribution in [2.45, 2.75) is 38.0 Å². The van der Waals surface area contributed by atoms with Gasteiger partial charge in [0.25, 0.3) is 0 Å². The summed E-state index contributed by atoms with van der Waals surface area (Å²) in [5.41, 5.74) is 0. The zero-order valence-electron chi connectivity index (χ0n) is 10.4. The highest BCUT2D eigenvalue weighted by atomic mass is 79.9. The second-order valence-electron chi connectivity index (χ2n) is 4.38. The summed E-state index contributed by atoms with van der Waals surface area (Å²) in [5.74, 6) is 1.48. The number of carbonyl (C=O) groups is 1. The van der Waals surface area contributed by atoms with E-state index in [4.69, 9.17) is 0 Å². The third-order valence-electron chi connectivity index (χ3n) is 2.57. The minimum Gasteiger partial charge on any atom is -0.299 e. The van der Waals surface area contributed by atoms with E-state index in [1.165, 1.54) is 0 Å². The van der Waals surface area contributed by atoms with Crippen molar-refractivity contribution in [1.29, 1.82) is 0 Å². The molecule has 0 bridgehead atoms. The molecule has 0 N–H and O–H groups in total. The van der Waals surface area contributed by atoms with Gasteiger partial charge in [-0.1, -0.05) is 42.6 Å². The number of rotatable bonds is 7. The summed E-state index contributed by atoms with van der Waals surface area (Å²) in [6, 6.07) is 8.09. The Labute approximate surface area is 117 Å². The Morgan fingerprint density at radius 1 is 1.35 bits per heavy atom. The molecule has 1 unspecified atom stereocenters. The van der Waals surface area contributed by atoms with Gasteiger partial charge in [0.05, 0.1) is 5.75 Å². The summed E-state index contributed by atoms with van der Waals surface area (Å²) >= 11 is 5.03. The lowest BCUT2D eigenvalue weighted by atomic mass is 10.0. The van der Waals surface area contributed by atoms with Crippen molar-refractivity contribution in [3.05, 3.63) is 28.7 Å². The predicted octanol–water partition coefficient (Wildman–Crippen LogP) is 4.94. The molecule has 94 valence electrons. The molecule has 1 rings (SSSR count). The van der Waals surface area contributed by atoms with Crippen LogP contribution in [0.4, 0.5) is 0 Å². The molecule has 0 heterocycles. The van der Waals surface area contributed by atoms with Crippen LogP contribution in [0.15, 0.2) is 33.6 Å².